The third-order valence-corrected chi connectivity index (χ3v) is 2.64. The monoisotopic (exact) mass is 307 g/mol. The van der Waals surface area contributed by atoms with Crippen molar-refractivity contribution in [1.82, 2.24) is 0 Å². The summed E-state index contributed by atoms with van der Waals surface area (Å²) in [5, 5.41) is 0. The molecule has 0 amide bonds. The Labute approximate surface area is 106 Å². The van der Waals surface area contributed by atoms with Crippen molar-refractivity contribution in [3.63, 3.8) is 0 Å². The summed E-state index contributed by atoms with van der Waals surface area (Å²) in [5.41, 5.74) is 5.43. The molecule has 0 fully saturated rings. The van der Waals surface area contributed by atoms with Gasteiger partial charge in [-0.15, -0.1) is 0 Å². The molecule has 94 valence electrons. The molecule has 0 radical (unpaired) electrons. The second kappa shape index (κ2) is 6.07. The minimum absolute atomic E-state index is 0.0504. The highest BCUT2D eigenvalue weighted by Gasteiger charge is 2.29. The second-order valence-corrected chi connectivity index (χ2v) is 4.26. The number of hydrogen-bond donors (Lipinski definition) is 1. The molecule has 1 aromatic rings. The molecular weight excluding hydrogens is 296 g/mol. The largest absolute Gasteiger partial charge is 0.464 e. The third kappa shape index (κ3) is 3.47. The molecule has 1 rings (SSSR count). The van der Waals surface area contributed by atoms with E-state index in [0.29, 0.717) is 4.47 Å². The van der Waals surface area contributed by atoms with Gasteiger partial charge in [0.25, 0.3) is 0 Å². The van der Waals surface area contributed by atoms with Crippen molar-refractivity contribution in [3.05, 3.63) is 34.1 Å². The summed E-state index contributed by atoms with van der Waals surface area (Å²) >= 11 is 3.07. The maximum Gasteiger partial charge on any atom is 0.342 e. The van der Waals surface area contributed by atoms with E-state index in [9.17, 15) is 13.6 Å². The smallest absolute Gasteiger partial charge is 0.342 e. The van der Waals surface area contributed by atoms with Crippen molar-refractivity contribution < 1.29 is 18.3 Å². The maximum atomic E-state index is 13.6. The Kier molecular flexibility index (Phi) is 5.02. The molecule has 0 spiro atoms. The molecule has 3 nitrogen and oxygen atoms in total. The summed E-state index contributed by atoms with van der Waals surface area (Å²) in [6.07, 6.45) is -2.08. The highest BCUT2D eigenvalue weighted by atomic mass is 79.9. The van der Waals surface area contributed by atoms with Gasteiger partial charge in [-0.05, 0) is 19.1 Å². The molecule has 6 heteroatoms. The van der Waals surface area contributed by atoms with Gasteiger partial charge in [-0.3, -0.25) is 0 Å². The molecule has 2 N–H and O–H groups in total. The Morgan fingerprint density at radius 1 is 1.59 bits per heavy atom. The van der Waals surface area contributed by atoms with E-state index in [2.05, 4.69) is 20.7 Å². The average Bonchev–Trinajstić information content (AvgIpc) is 2.27. The number of esters is 1. The predicted molar refractivity (Wildman–Crippen MR) is 62.6 cm³/mol. The van der Waals surface area contributed by atoms with Gasteiger partial charge in [0.05, 0.1) is 12.6 Å². The fraction of sp³-hybridized carbons (Fsp3) is 0.364. The first-order valence-corrected chi connectivity index (χ1v) is 5.78. The van der Waals surface area contributed by atoms with Gasteiger partial charge in [0.15, 0.2) is 0 Å². The molecule has 0 aliphatic heterocycles. The van der Waals surface area contributed by atoms with Crippen molar-refractivity contribution >= 4 is 21.9 Å². The van der Waals surface area contributed by atoms with Gasteiger partial charge in [-0.1, -0.05) is 22.0 Å². The molecule has 17 heavy (non-hydrogen) atoms. The second-order valence-electron chi connectivity index (χ2n) is 3.35. The van der Waals surface area contributed by atoms with Crippen molar-refractivity contribution in [1.29, 1.82) is 0 Å². The zero-order valence-electron chi connectivity index (χ0n) is 9.12. The molecule has 1 aromatic carbocycles. The number of halogens is 3. The van der Waals surface area contributed by atoms with E-state index in [1.807, 2.05) is 0 Å². The average molecular weight is 308 g/mol. The maximum absolute atomic E-state index is 13.6. The van der Waals surface area contributed by atoms with E-state index in [4.69, 9.17) is 5.73 Å². The highest BCUT2D eigenvalue weighted by molar-refractivity contribution is 9.10. The van der Waals surface area contributed by atoms with E-state index < -0.39 is 24.0 Å². The van der Waals surface area contributed by atoms with Crippen LogP contribution in [0.1, 0.15) is 18.5 Å². The molecule has 0 aliphatic carbocycles. The van der Waals surface area contributed by atoms with Crippen molar-refractivity contribution in [3.8, 4) is 0 Å². The van der Waals surface area contributed by atoms with Gasteiger partial charge < -0.3 is 10.5 Å². The number of ether oxygens (including phenoxy) is 1. The summed E-state index contributed by atoms with van der Waals surface area (Å²) < 4.78 is 32.0. The number of carbonyl (C=O) groups excluding carboxylic acids is 1. The van der Waals surface area contributed by atoms with E-state index in [1.54, 1.807) is 6.92 Å². The van der Waals surface area contributed by atoms with Crippen LogP contribution in [0.3, 0.4) is 0 Å². The molecule has 0 bridgehead atoms. The van der Waals surface area contributed by atoms with Crippen LogP contribution in [-0.2, 0) is 9.53 Å². The Bertz CT molecular complexity index is 414. The molecule has 0 saturated carbocycles. The molecule has 1 unspecified atom stereocenters. The van der Waals surface area contributed by atoms with Gasteiger partial charge in [-0.25, -0.2) is 13.6 Å². The summed E-state index contributed by atoms with van der Waals surface area (Å²) in [5.74, 6) is -1.75. The summed E-state index contributed by atoms with van der Waals surface area (Å²) in [7, 11) is 0. The van der Waals surface area contributed by atoms with Gasteiger partial charge >= 0.3 is 5.97 Å². The van der Waals surface area contributed by atoms with Crippen LogP contribution < -0.4 is 5.73 Å². The van der Waals surface area contributed by atoms with Gasteiger partial charge in [0, 0.05) is 10.0 Å². The summed E-state index contributed by atoms with van der Waals surface area (Å²) in [4.78, 5) is 11.1. The lowest BCUT2D eigenvalue weighted by Crippen LogP contribution is -2.32. The van der Waals surface area contributed by atoms with Crippen LogP contribution in [0.25, 0.3) is 0 Å². The normalized spacial score (nSPS) is 14.2. The highest BCUT2D eigenvalue weighted by Crippen LogP contribution is 2.23. The lowest BCUT2D eigenvalue weighted by atomic mass is 10.0. The quantitative estimate of drug-likeness (QED) is 0.870. The zero-order chi connectivity index (χ0) is 13.0. The van der Waals surface area contributed by atoms with Crippen molar-refractivity contribution in [2.45, 2.75) is 19.1 Å². The molecule has 0 aliphatic rings. The first kappa shape index (κ1) is 14.1. The first-order chi connectivity index (χ1) is 7.97. The summed E-state index contributed by atoms with van der Waals surface area (Å²) in [6.45, 7) is 1.60. The molecular formula is C11H12BrF2NO2. The minimum Gasteiger partial charge on any atom is -0.464 e. The Balaban J connectivity index is 2.88. The molecule has 0 heterocycles. The zero-order valence-corrected chi connectivity index (χ0v) is 10.7. The SMILES string of the molecule is CCOC(=O)C(F)[C@H](N)c1ccc(Br)cc1F. The number of hydrogen-bond acceptors (Lipinski definition) is 3. The molecule has 2 atom stereocenters. The molecule has 0 aromatic heterocycles. The van der Waals surface area contributed by atoms with Crippen LogP contribution in [0, 0.1) is 5.82 Å². The Morgan fingerprint density at radius 2 is 2.24 bits per heavy atom. The van der Waals surface area contributed by atoms with Crippen molar-refractivity contribution in [2.24, 2.45) is 5.73 Å². The third-order valence-electron chi connectivity index (χ3n) is 2.15. The van der Waals surface area contributed by atoms with E-state index in [1.165, 1.54) is 12.1 Å². The van der Waals surface area contributed by atoms with Gasteiger partial charge in [0.2, 0.25) is 6.17 Å². The Hall–Kier alpha value is -1.01. The van der Waals surface area contributed by atoms with Crippen LogP contribution in [0.5, 0.6) is 0 Å². The number of alkyl halides is 1. The molecule has 0 saturated heterocycles. The lowest BCUT2D eigenvalue weighted by molar-refractivity contribution is -0.149. The van der Waals surface area contributed by atoms with Crippen LogP contribution in [0.2, 0.25) is 0 Å². The predicted octanol–water partition coefficient (Wildman–Crippen LogP) is 2.49. The van der Waals surface area contributed by atoms with Gasteiger partial charge in [0.1, 0.15) is 5.82 Å². The van der Waals surface area contributed by atoms with Crippen LogP contribution >= 0.6 is 15.9 Å². The fourth-order valence-corrected chi connectivity index (χ4v) is 1.63. The van der Waals surface area contributed by atoms with Crippen molar-refractivity contribution in [2.75, 3.05) is 6.61 Å². The lowest BCUT2D eigenvalue weighted by Gasteiger charge is -2.16. The van der Waals surface area contributed by atoms with E-state index in [-0.39, 0.29) is 12.2 Å². The standard InChI is InChI=1S/C11H12BrF2NO2/c1-2-17-11(16)9(14)10(15)7-4-3-6(12)5-8(7)13/h3-5,9-10H,2,15H2,1H3/t9?,10-/m1/s1. The number of benzene rings is 1. The van der Waals surface area contributed by atoms with Crippen LogP contribution in [-0.4, -0.2) is 18.7 Å². The fourth-order valence-electron chi connectivity index (χ4n) is 1.30. The summed E-state index contributed by atoms with van der Waals surface area (Å²) in [6, 6.07) is 2.64. The van der Waals surface area contributed by atoms with Crippen LogP contribution in [0.4, 0.5) is 8.78 Å². The number of nitrogens with two attached hydrogens (primary N) is 1. The van der Waals surface area contributed by atoms with E-state index >= 15 is 0 Å². The first-order valence-electron chi connectivity index (χ1n) is 4.98. The minimum atomic E-state index is -2.08. The number of rotatable bonds is 4. The Morgan fingerprint density at radius 3 is 2.76 bits per heavy atom. The topological polar surface area (TPSA) is 52.3 Å². The van der Waals surface area contributed by atoms with Crippen LogP contribution in [0.15, 0.2) is 22.7 Å². The number of carbonyl (C=O) groups is 1. The van der Waals surface area contributed by atoms with Gasteiger partial charge in [-0.2, -0.15) is 0 Å². The van der Waals surface area contributed by atoms with E-state index in [0.717, 1.165) is 6.07 Å².